The third-order valence-electron chi connectivity index (χ3n) is 3.80. The van der Waals surface area contributed by atoms with Crippen molar-refractivity contribution in [2.24, 2.45) is 5.92 Å². The third kappa shape index (κ3) is 3.97. The van der Waals surface area contributed by atoms with Crippen molar-refractivity contribution >= 4 is 5.97 Å². The Balaban J connectivity index is 1.77. The first-order valence-electron chi connectivity index (χ1n) is 7.19. The van der Waals surface area contributed by atoms with Crippen LogP contribution in [0.25, 0.3) is 0 Å². The molecule has 0 bridgehead atoms. The number of ether oxygens (including phenoxy) is 2. The fraction of sp³-hybridized carbons (Fsp3) is 0.562. The van der Waals surface area contributed by atoms with Gasteiger partial charge in [0.25, 0.3) is 0 Å². The van der Waals surface area contributed by atoms with Gasteiger partial charge in [-0.1, -0.05) is 18.2 Å². The van der Waals surface area contributed by atoms with Crippen molar-refractivity contribution in [2.45, 2.75) is 19.8 Å². The van der Waals surface area contributed by atoms with Crippen LogP contribution in [-0.4, -0.2) is 44.2 Å². The highest BCUT2D eigenvalue weighted by molar-refractivity contribution is 5.72. The Hall–Kier alpha value is -1.55. The second kappa shape index (κ2) is 7.29. The molecule has 0 saturated carbocycles. The topological polar surface area (TPSA) is 38.8 Å². The molecule has 1 aromatic rings. The van der Waals surface area contributed by atoms with Crippen LogP contribution < -0.4 is 4.74 Å². The lowest BCUT2D eigenvalue weighted by Crippen LogP contribution is -2.41. The van der Waals surface area contributed by atoms with E-state index in [4.69, 9.17) is 9.47 Å². The van der Waals surface area contributed by atoms with E-state index in [0.717, 1.165) is 43.8 Å². The van der Waals surface area contributed by atoms with E-state index in [1.807, 2.05) is 31.2 Å². The number of aryl methyl sites for hydroxylation is 1. The van der Waals surface area contributed by atoms with Gasteiger partial charge in [0.1, 0.15) is 12.4 Å². The van der Waals surface area contributed by atoms with E-state index in [9.17, 15) is 4.79 Å². The number of rotatable bonds is 5. The zero-order valence-electron chi connectivity index (χ0n) is 12.3. The first-order valence-corrected chi connectivity index (χ1v) is 7.19. The molecule has 1 heterocycles. The van der Waals surface area contributed by atoms with Crippen molar-refractivity contribution in [2.75, 3.05) is 33.4 Å². The summed E-state index contributed by atoms with van der Waals surface area (Å²) in [5.74, 6) is 0.871. The molecule has 0 spiro atoms. The third-order valence-corrected chi connectivity index (χ3v) is 3.80. The lowest BCUT2D eigenvalue weighted by molar-refractivity contribution is -0.147. The molecule has 2 rings (SSSR count). The maximum atomic E-state index is 11.6. The molecule has 0 radical (unpaired) electrons. The minimum Gasteiger partial charge on any atom is -0.492 e. The smallest absolute Gasteiger partial charge is 0.309 e. The number of nitrogens with zero attached hydrogens (tertiary/aromatic N) is 1. The number of hydrogen-bond donors (Lipinski definition) is 0. The highest BCUT2D eigenvalue weighted by Gasteiger charge is 2.26. The molecular formula is C16H23NO3. The first-order chi connectivity index (χ1) is 9.70. The van der Waals surface area contributed by atoms with Crippen LogP contribution in [0.5, 0.6) is 5.75 Å². The van der Waals surface area contributed by atoms with Crippen LogP contribution in [0.1, 0.15) is 18.4 Å². The fourth-order valence-corrected chi connectivity index (χ4v) is 2.62. The van der Waals surface area contributed by atoms with Crippen molar-refractivity contribution in [3.63, 3.8) is 0 Å². The lowest BCUT2D eigenvalue weighted by atomic mass is 9.98. The first kappa shape index (κ1) is 14.9. The molecule has 1 atom stereocenters. The Morgan fingerprint density at radius 1 is 1.40 bits per heavy atom. The van der Waals surface area contributed by atoms with E-state index >= 15 is 0 Å². The number of carbonyl (C=O) groups excluding carboxylic acids is 1. The zero-order chi connectivity index (χ0) is 14.4. The molecule has 110 valence electrons. The van der Waals surface area contributed by atoms with E-state index in [1.165, 1.54) is 7.11 Å². The molecule has 1 saturated heterocycles. The van der Waals surface area contributed by atoms with Gasteiger partial charge in [-0.3, -0.25) is 9.69 Å². The summed E-state index contributed by atoms with van der Waals surface area (Å²) in [4.78, 5) is 13.9. The van der Waals surface area contributed by atoms with Crippen LogP contribution >= 0.6 is 0 Å². The maximum Gasteiger partial charge on any atom is 0.309 e. The Kier molecular flexibility index (Phi) is 5.41. The minimum absolute atomic E-state index is 0.0206. The Bertz CT molecular complexity index is 447. The summed E-state index contributed by atoms with van der Waals surface area (Å²) in [5, 5.41) is 0. The lowest BCUT2D eigenvalue weighted by Gasteiger charge is -2.31. The number of hydrogen-bond acceptors (Lipinski definition) is 4. The molecule has 0 N–H and O–H groups in total. The van der Waals surface area contributed by atoms with E-state index < -0.39 is 0 Å². The van der Waals surface area contributed by atoms with Gasteiger partial charge in [0.15, 0.2) is 0 Å². The highest BCUT2D eigenvalue weighted by atomic mass is 16.5. The summed E-state index contributed by atoms with van der Waals surface area (Å²) in [6.07, 6.45) is 1.98. The van der Waals surface area contributed by atoms with Crippen molar-refractivity contribution < 1.29 is 14.3 Å². The summed E-state index contributed by atoms with van der Waals surface area (Å²) < 4.78 is 10.6. The van der Waals surface area contributed by atoms with Gasteiger partial charge < -0.3 is 9.47 Å². The Morgan fingerprint density at radius 2 is 2.20 bits per heavy atom. The van der Waals surface area contributed by atoms with Crippen LogP contribution in [0.15, 0.2) is 24.3 Å². The molecule has 1 aromatic carbocycles. The minimum atomic E-state index is -0.0884. The average Bonchev–Trinajstić information content (AvgIpc) is 2.49. The van der Waals surface area contributed by atoms with Crippen LogP contribution in [0, 0.1) is 12.8 Å². The molecule has 0 amide bonds. The van der Waals surface area contributed by atoms with Crippen LogP contribution in [0.3, 0.4) is 0 Å². The van der Waals surface area contributed by atoms with E-state index in [2.05, 4.69) is 4.90 Å². The normalized spacial score (nSPS) is 19.6. The number of piperidine rings is 1. The van der Waals surface area contributed by atoms with E-state index in [1.54, 1.807) is 0 Å². The molecule has 4 heteroatoms. The molecule has 1 aliphatic rings. The SMILES string of the molecule is COC(=O)[C@H]1CCCN(CCOc2ccccc2C)C1. The predicted octanol–water partition coefficient (Wildman–Crippen LogP) is 2.26. The predicted molar refractivity (Wildman–Crippen MR) is 77.9 cm³/mol. The zero-order valence-corrected chi connectivity index (χ0v) is 12.3. The molecule has 1 aliphatic heterocycles. The number of benzene rings is 1. The molecule has 4 nitrogen and oxygen atoms in total. The van der Waals surface area contributed by atoms with Gasteiger partial charge in [-0.05, 0) is 37.9 Å². The molecule has 0 aromatic heterocycles. The number of para-hydroxylation sites is 1. The van der Waals surface area contributed by atoms with Gasteiger partial charge in [0.2, 0.25) is 0 Å². The van der Waals surface area contributed by atoms with Crippen molar-refractivity contribution in [1.29, 1.82) is 0 Å². The highest BCUT2D eigenvalue weighted by Crippen LogP contribution is 2.19. The van der Waals surface area contributed by atoms with Gasteiger partial charge in [-0.25, -0.2) is 0 Å². The number of likely N-dealkylation sites (tertiary alicyclic amines) is 1. The largest absolute Gasteiger partial charge is 0.492 e. The number of methoxy groups -OCH3 is 1. The van der Waals surface area contributed by atoms with Gasteiger partial charge >= 0.3 is 5.97 Å². The summed E-state index contributed by atoms with van der Waals surface area (Å²) in [5.41, 5.74) is 1.15. The van der Waals surface area contributed by atoms with E-state index in [-0.39, 0.29) is 11.9 Å². The van der Waals surface area contributed by atoms with Crippen LogP contribution in [0.4, 0.5) is 0 Å². The molecule has 0 unspecified atom stereocenters. The molecule has 0 aliphatic carbocycles. The summed E-state index contributed by atoms with van der Waals surface area (Å²) in [6, 6.07) is 8.02. The maximum absolute atomic E-state index is 11.6. The fourth-order valence-electron chi connectivity index (χ4n) is 2.62. The van der Waals surface area contributed by atoms with Gasteiger partial charge in [0.05, 0.1) is 13.0 Å². The van der Waals surface area contributed by atoms with Gasteiger partial charge in [-0.2, -0.15) is 0 Å². The number of esters is 1. The summed E-state index contributed by atoms with van der Waals surface area (Å²) in [6.45, 7) is 5.36. The van der Waals surface area contributed by atoms with Crippen molar-refractivity contribution in [3.8, 4) is 5.75 Å². The van der Waals surface area contributed by atoms with Crippen LogP contribution in [0.2, 0.25) is 0 Å². The van der Waals surface area contributed by atoms with Gasteiger partial charge in [0, 0.05) is 13.1 Å². The van der Waals surface area contributed by atoms with Crippen molar-refractivity contribution in [1.82, 2.24) is 4.90 Å². The standard InChI is InChI=1S/C16H23NO3/c1-13-6-3-4-8-15(13)20-11-10-17-9-5-7-14(12-17)16(18)19-2/h3-4,6,8,14H,5,7,9-12H2,1-2H3/t14-/m0/s1. The second-order valence-corrected chi connectivity index (χ2v) is 5.28. The molecular weight excluding hydrogens is 254 g/mol. The van der Waals surface area contributed by atoms with Crippen molar-refractivity contribution in [3.05, 3.63) is 29.8 Å². The van der Waals surface area contributed by atoms with Gasteiger partial charge in [-0.15, -0.1) is 0 Å². The molecule has 20 heavy (non-hydrogen) atoms. The summed E-state index contributed by atoms with van der Waals surface area (Å²) in [7, 11) is 1.46. The monoisotopic (exact) mass is 277 g/mol. The quantitative estimate of drug-likeness (QED) is 0.774. The molecule has 1 fully saturated rings. The van der Waals surface area contributed by atoms with E-state index in [0.29, 0.717) is 6.61 Å². The van der Waals surface area contributed by atoms with Crippen LogP contribution in [-0.2, 0) is 9.53 Å². The second-order valence-electron chi connectivity index (χ2n) is 5.28. The number of carbonyl (C=O) groups is 1. The Labute approximate surface area is 120 Å². The summed E-state index contributed by atoms with van der Waals surface area (Å²) >= 11 is 0. The Morgan fingerprint density at radius 3 is 2.95 bits per heavy atom. The average molecular weight is 277 g/mol.